The van der Waals surface area contributed by atoms with E-state index in [1.165, 1.54) is 0 Å². The lowest BCUT2D eigenvalue weighted by atomic mass is 10.2. The molecule has 0 spiro atoms. The molecule has 0 aromatic carbocycles. The Bertz CT molecular complexity index is 607. The zero-order valence-corrected chi connectivity index (χ0v) is 17.6. The molecule has 2 aromatic heterocycles. The highest BCUT2D eigenvalue weighted by Crippen LogP contribution is 2.00. The number of nitrogens with one attached hydrogen (secondary N) is 2. The van der Waals surface area contributed by atoms with Crippen molar-refractivity contribution in [1.82, 2.24) is 35.2 Å². The van der Waals surface area contributed by atoms with E-state index in [2.05, 4.69) is 56.3 Å². The van der Waals surface area contributed by atoms with Crippen molar-refractivity contribution in [1.29, 1.82) is 0 Å². The molecule has 2 aromatic rings. The molecule has 1 atom stereocenters. The molecule has 2 N–H and O–H groups in total. The molecule has 140 valence electrons. The Labute approximate surface area is 166 Å². The van der Waals surface area contributed by atoms with Gasteiger partial charge in [0, 0.05) is 51.5 Å². The lowest BCUT2D eigenvalue weighted by molar-refractivity contribution is 0.458. The van der Waals surface area contributed by atoms with Crippen molar-refractivity contribution in [3.63, 3.8) is 0 Å². The molecule has 0 aliphatic heterocycles. The van der Waals surface area contributed by atoms with E-state index in [-0.39, 0.29) is 24.0 Å². The largest absolute Gasteiger partial charge is 0.357 e. The summed E-state index contributed by atoms with van der Waals surface area (Å²) in [7, 11) is 0. The number of aromatic nitrogens is 5. The van der Waals surface area contributed by atoms with E-state index in [0.717, 1.165) is 50.9 Å². The first kappa shape index (κ1) is 21.4. The second-order valence-corrected chi connectivity index (χ2v) is 5.77. The number of aryl methyl sites for hydroxylation is 1. The maximum atomic E-state index is 4.67. The van der Waals surface area contributed by atoms with Crippen LogP contribution in [0.4, 0.5) is 0 Å². The Hall–Kier alpha value is -1.65. The number of aliphatic imine (C=N–C) groups is 1. The van der Waals surface area contributed by atoms with E-state index in [4.69, 9.17) is 0 Å². The van der Waals surface area contributed by atoms with Gasteiger partial charge in [0.25, 0.3) is 0 Å². The lowest BCUT2D eigenvalue weighted by Gasteiger charge is -2.14. The molecule has 2 heterocycles. The number of rotatable bonds is 9. The molecule has 0 saturated heterocycles. The van der Waals surface area contributed by atoms with E-state index in [1.807, 2.05) is 16.9 Å². The van der Waals surface area contributed by atoms with Crippen LogP contribution in [0.15, 0.2) is 29.8 Å². The summed E-state index contributed by atoms with van der Waals surface area (Å²) >= 11 is 0. The van der Waals surface area contributed by atoms with Gasteiger partial charge in [-0.25, -0.2) is 0 Å². The van der Waals surface area contributed by atoms with Gasteiger partial charge in [-0.2, -0.15) is 5.10 Å². The SMILES string of the molecule is CCNC(=NCC(C)Cn1cccn1)NCCn1cnnc1CC.I. The van der Waals surface area contributed by atoms with Crippen LogP contribution in [0.5, 0.6) is 0 Å². The van der Waals surface area contributed by atoms with Crippen molar-refractivity contribution in [2.75, 3.05) is 19.6 Å². The molecule has 9 heteroatoms. The average molecular weight is 460 g/mol. The maximum absolute atomic E-state index is 4.67. The average Bonchev–Trinajstić information content (AvgIpc) is 3.24. The normalized spacial score (nSPS) is 12.5. The molecule has 2 rings (SSSR count). The Kier molecular flexibility index (Phi) is 10.1. The monoisotopic (exact) mass is 460 g/mol. The van der Waals surface area contributed by atoms with Crippen LogP contribution in [0.1, 0.15) is 26.6 Å². The van der Waals surface area contributed by atoms with Crippen LogP contribution in [0.2, 0.25) is 0 Å². The van der Waals surface area contributed by atoms with Crippen LogP contribution in [-0.2, 0) is 19.5 Å². The van der Waals surface area contributed by atoms with Crippen LogP contribution in [0, 0.1) is 5.92 Å². The van der Waals surface area contributed by atoms with Gasteiger partial charge in [-0.05, 0) is 18.9 Å². The van der Waals surface area contributed by atoms with E-state index >= 15 is 0 Å². The Morgan fingerprint density at radius 2 is 2.16 bits per heavy atom. The molecule has 0 fully saturated rings. The van der Waals surface area contributed by atoms with Crippen LogP contribution in [0.3, 0.4) is 0 Å². The highest BCUT2D eigenvalue weighted by atomic mass is 127. The highest BCUT2D eigenvalue weighted by molar-refractivity contribution is 14.0. The second kappa shape index (κ2) is 11.8. The number of nitrogens with zero attached hydrogens (tertiary/aromatic N) is 6. The zero-order chi connectivity index (χ0) is 17.2. The number of guanidine groups is 1. The molecule has 0 aliphatic rings. The predicted molar refractivity (Wildman–Crippen MR) is 110 cm³/mol. The third-order valence-electron chi connectivity index (χ3n) is 3.62. The molecule has 8 nitrogen and oxygen atoms in total. The predicted octanol–water partition coefficient (Wildman–Crippen LogP) is 1.55. The van der Waals surface area contributed by atoms with E-state index in [0.29, 0.717) is 5.92 Å². The Morgan fingerprint density at radius 1 is 1.32 bits per heavy atom. The first-order valence-electron chi connectivity index (χ1n) is 8.59. The maximum Gasteiger partial charge on any atom is 0.191 e. The Morgan fingerprint density at radius 3 is 2.84 bits per heavy atom. The molecule has 0 saturated carbocycles. The van der Waals surface area contributed by atoms with Gasteiger partial charge in [-0.15, -0.1) is 34.2 Å². The van der Waals surface area contributed by atoms with Gasteiger partial charge >= 0.3 is 0 Å². The van der Waals surface area contributed by atoms with Crippen molar-refractivity contribution in [2.45, 2.75) is 40.3 Å². The van der Waals surface area contributed by atoms with Crippen molar-refractivity contribution in [3.05, 3.63) is 30.6 Å². The quantitative estimate of drug-likeness (QED) is 0.337. The number of halogens is 1. The summed E-state index contributed by atoms with van der Waals surface area (Å²) in [4.78, 5) is 4.67. The van der Waals surface area contributed by atoms with Gasteiger partial charge in [0.1, 0.15) is 12.2 Å². The molecular formula is C16H29IN8. The summed E-state index contributed by atoms with van der Waals surface area (Å²) < 4.78 is 4.01. The van der Waals surface area contributed by atoms with E-state index in [9.17, 15) is 0 Å². The van der Waals surface area contributed by atoms with E-state index in [1.54, 1.807) is 12.5 Å². The zero-order valence-electron chi connectivity index (χ0n) is 15.2. The Balaban J connectivity index is 0.00000312. The van der Waals surface area contributed by atoms with Crippen molar-refractivity contribution in [3.8, 4) is 0 Å². The highest BCUT2D eigenvalue weighted by Gasteiger charge is 2.05. The standard InChI is InChI=1S/C16H28N8.HI/c1-4-15-22-20-13-23(15)10-8-18-16(17-5-2)19-11-14(3)12-24-9-6-7-21-24;/h6-7,9,13-14H,4-5,8,10-12H2,1-3H3,(H2,17,18,19);1H. The summed E-state index contributed by atoms with van der Waals surface area (Å²) in [6, 6.07) is 1.94. The molecule has 0 radical (unpaired) electrons. The molecule has 0 amide bonds. The summed E-state index contributed by atoms with van der Waals surface area (Å²) in [5.74, 6) is 2.27. The van der Waals surface area contributed by atoms with Gasteiger partial charge in [-0.3, -0.25) is 9.67 Å². The van der Waals surface area contributed by atoms with Crippen LogP contribution in [0.25, 0.3) is 0 Å². The first-order chi connectivity index (χ1) is 11.7. The molecule has 0 aliphatic carbocycles. The van der Waals surface area contributed by atoms with E-state index < -0.39 is 0 Å². The summed E-state index contributed by atoms with van der Waals surface area (Å²) in [5.41, 5.74) is 0. The minimum absolute atomic E-state index is 0. The molecular weight excluding hydrogens is 431 g/mol. The summed E-state index contributed by atoms with van der Waals surface area (Å²) in [5, 5.41) is 18.9. The summed E-state index contributed by atoms with van der Waals surface area (Å²) in [6.07, 6.45) is 6.45. The fourth-order valence-electron chi connectivity index (χ4n) is 2.41. The van der Waals surface area contributed by atoms with Crippen molar-refractivity contribution >= 4 is 29.9 Å². The fourth-order valence-corrected chi connectivity index (χ4v) is 2.41. The van der Waals surface area contributed by atoms with Crippen molar-refractivity contribution < 1.29 is 0 Å². The second-order valence-electron chi connectivity index (χ2n) is 5.77. The first-order valence-corrected chi connectivity index (χ1v) is 8.59. The van der Waals surface area contributed by atoms with Gasteiger partial charge in [0.15, 0.2) is 5.96 Å². The smallest absolute Gasteiger partial charge is 0.191 e. The van der Waals surface area contributed by atoms with Crippen LogP contribution in [-0.4, -0.2) is 50.1 Å². The van der Waals surface area contributed by atoms with Gasteiger partial charge in [0.2, 0.25) is 0 Å². The van der Waals surface area contributed by atoms with Gasteiger partial charge < -0.3 is 15.2 Å². The lowest BCUT2D eigenvalue weighted by Crippen LogP contribution is -2.39. The molecule has 1 unspecified atom stereocenters. The minimum atomic E-state index is 0. The van der Waals surface area contributed by atoms with Crippen molar-refractivity contribution in [2.24, 2.45) is 10.9 Å². The fraction of sp³-hybridized carbons (Fsp3) is 0.625. The molecule has 0 bridgehead atoms. The van der Waals surface area contributed by atoms with Crippen LogP contribution >= 0.6 is 24.0 Å². The molecule has 25 heavy (non-hydrogen) atoms. The third-order valence-corrected chi connectivity index (χ3v) is 3.62. The minimum Gasteiger partial charge on any atom is -0.357 e. The van der Waals surface area contributed by atoms with Gasteiger partial charge in [0.05, 0.1) is 0 Å². The van der Waals surface area contributed by atoms with Gasteiger partial charge in [-0.1, -0.05) is 13.8 Å². The third kappa shape index (κ3) is 7.41. The number of hydrogen-bond donors (Lipinski definition) is 2. The van der Waals surface area contributed by atoms with Crippen LogP contribution < -0.4 is 10.6 Å². The topological polar surface area (TPSA) is 85.0 Å². The summed E-state index contributed by atoms with van der Waals surface area (Å²) in [6.45, 7) is 10.4. The number of hydrogen-bond acceptors (Lipinski definition) is 4.